The number of primary amides is 1. The van der Waals surface area contributed by atoms with Crippen molar-refractivity contribution in [3.8, 4) is 0 Å². The van der Waals surface area contributed by atoms with Gasteiger partial charge in [-0.15, -0.1) is 0 Å². The van der Waals surface area contributed by atoms with Gasteiger partial charge in [0.05, 0.1) is 10.6 Å². The van der Waals surface area contributed by atoms with E-state index in [1.54, 1.807) is 4.90 Å². The number of carbonyl (C=O) groups is 4. The Morgan fingerprint density at radius 3 is 2.05 bits per heavy atom. The largest absolute Gasteiger partial charge is 0.478 e. The molecule has 6 N–H and O–H groups in total. The third kappa shape index (κ3) is 8.89. The summed E-state index contributed by atoms with van der Waals surface area (Å²) >= 11 is 0. The number of piperidine rings is 1. The zero-order valence-corrected chi connectivity index (χ0v) is 24.2. The van der Waals surface area contributed by atoms with Crippen LogP contribution in [0.15, 0.2) is 53.4 Å². The number of carbonyl (C=O) groups excluding carboxylic acids is 2. The maximum atomic E-state index is 14.1. The van der Waals surface area contributed by atoms with Gasteiger partial charge in [-0.3, -0.25) is 9.59 Å². The lowest BCUT2D eigenvalue weighted by Crippen LogP contribution is -2.50. The molecule has 11 nitrogen and oxygen atoms in total. The summed E-state index contributed by atoms with van der Waals surface area (Å²) in [6.07, 6.45) is 3.62. The number of benzene rings is 2. The van der Waals surface area contributed by atoms with Crippen molar-refractivity contribution in [3.05, 3.63) is 77.1 Å². The summed E-state index contributed by atoms with van der Waals surface area (Å²) < 4.78 is 66.3. The first-order valence-corrected chi connectivity index (χ1v) is 15.2. The van der Waals surface area contributed by atoms with Crippen molar-refractivity contribution >= 4 is 33.6 Å². The third-order valence-electron chi connectivity index (χ3n) is 7.64. The molecule has 2 fully saturated rings. The topological polar surface area (TPSA) is 198 Å². The molecule has 4 atom stereocenters. The predicted molar refractivity (Wildman–Crippen MR) is 150 cm³/mol. The quantitative estimate of drug-likeness (QED) is 0.223. The van der Waals surface area contributed by atoms with Crippen LogP contribution >= 0.6 is 0 Å². The second-order valence-electron chi connectivity index (χ2n) is 10.6. The Morgan fingerprint density at radius 2 is 1.50 bits per heavy atom. The Labute approximate surface area is 251 Å². The van der Waals surface area contributed by atoms with Gasteiger partial charge in [0.1, 0.15) is 5.82 Å². The number of hydrogen-bond donors (Lipinski definition) is 4. The van der Waals surface area contributed by atoms with Crippen molar-refractivity contribution < 1.29 is 51.0 Å². The molecule has 0 aliphatic carbocycles. The van der Waals surface area contributed by atoms with Gasteiger partial charge >= 0.3 is 11.9 Å². The molecular weight excluding hydrogens is 607 g/mol. The first-order valence-electron chi connectivity index (χ1n) is 13.6. The Morgan fingerprint density at radius 1 is 0.932 bits per heavy atom. The zero-order valence-electron chi connectivity index (χ0n) is 23.4. The van der Waals surface area contributed by atoms with E-state index in [4.69, 9.17) is 21.7 Å². The van der Waals surface area contributed by atoms with Crippen LogP contribution in [0.3, 0.4) is 0 Å². The highest BCUT2D eigenvalue weighted by atomic mass is 32.2. The smallest absolute Gasteiger partial charge is 0.328 e. The van der Waals surface area contributed by atoms with Crippen LogP contribution in [0.2, 0.25) is 0 Å². The molecule has 4 rings (SSSR count). The van der Waals surface area contributed by atoms with Gasteiger partial charge in [0.25, 0.3) is 0 Å². The van der Waals surface area contributed by atoms with E-state index < -0.39 is 56.9 Å². The van der Waals surface area contributed by atoms with E-state index in [1.807, 2.05) is 0 Å². The number of rotatable bonds is 10. The van der Waals surface area contributed by atoms with Gasteiger partial charge in [-0.2, -0.15) is 0 Å². The number of amides is 2. The van der Waals surface area contributed by atoms with Crippen molar-refractivity contribution in [2.45, 2.75) is 61.5 Å². The lowest BCUT2D eigenvalue weighted by Gasteiger charge is -2.41. The van der Waals surface area contributed by atoms with Crippen molar-refractivity contribution in [1.82, 2.24) is 4.90 Å². The average Bonchev–Trinajstić information content (AvgIpc) is 3.22. The molecule has 1 unspecified atom stereocenters. The standard InChI is InChI=1S/C25H28F3N3O4S.C4H4O4/c26-20-13-22(28)21(27)11-15(20)12-23(29)16-8-17-4-5-18(9-16)31(17)24(32)6-7-36(34,35)19-3-1-2-14(10-19)25(30)33;5-3(6)1-2-4(7)8/h1-3,10-11,13,16-18,23H,4-9,12,29H2,(H2,30,33);1-2H,(H,5,6)(H,7,8)/t16?,17-,18+,23-;/m1./s1. The normalized spacial score (nSPS) is 20.1. The van der Waals surface area contributed by atoms with Crippen LogP contribution in [-0.4, -0.2) is 71.2 Å². The lowest BCUT2D eigenvalue weighted by atomic mass is 9.82. The van der Waals surface area contributed by atoms with Crippen LogP contribution in [-0.2, 0) is 30.6 Å². The highest BCUT2D eigenvalue weighted by Crippen LogP contribution is 2.40. The molecule has 0 saturated carbocycles. The fourth-order valence-electron chi connectivity index (χ4n) is 5.57. The van der Waals surface area contributed by atoms with Gasteiger partial charge in [-0.05, 0) is 67.9 Å². The SMILES string of the molecule is NC(=O)c1cccc(S(=O)(=O)CCC(=O)N2[C@@H]3CC[C@H]2CC([C@H](N)Cc2cc(F)c(F)cc2F)C3)c1.O=C(O)C=CC(=O)O. The van der Waals surface area contributed by atoms with E-state index in [0.717, 1.165) is 18.9 Å². The fourth-order valence-corrected chi connectivity index (χ4v) is 6.84. The maximum Gasteiger partial charge on any atom is 0.328 e. The maximum absolute atomic E-state index is 14.1. The summed E-state index contributed by atoms with van der Waals surface area (Å²) in [5, 5.41) is 15.6. The van der Waals surface area contributed by atoms with E-state index in [2.05, 4.69) is 0 Å². The summed E-state index contributed by atoms with van der Waals surface area (Å²) in [6.45, 7) is 0. The summed E-state index contributed by atoms with van der Waals surface area (Å²) in [7, 11) is -3.80. The molecular formula is C29H32F3N3O8S. The third-order valence-corrected chi connectivity index (χ3v) is 9.35. The Hall–Kier alpha value is -4.24. The zero-order chi connectivity index (χ0) is 32.8. The van der Waals surface area contributed by atoms with Crippen LogP contribution < -0.4 is 11.5 Å². The number of carboxylic acids is 2. The molecule has 2 aliphatic heterocycles. The van der Waals surface area contributed by atoms with Gasteiger partial charge < -0.3 is 26.6 Å². The molecule has 0 aromatic heterocycles. The van der Waals surface area contributed by atoms with Gasteiger partial charge in [0.2, 0.25) is 11.8 Å². The molecule has 15 heteroatoms. The second-order valence-corrected chi connectivity index (χ2v) is 12.7. The molecule has 2 aliphatic rings. The van der Waals surface area contributed by atoms with Crippen molar-refractivity contribution in [2.24, 2.45) is 17.4 Å². The Kier molecular flexibility index (Phi) is 11.3. The number of nitrogens with two attached hydrogens (primary N) is 2. The van der Waals surface area contributed by atoms with Crippen LogP contribution in [0, 0.1) is 23.4 Å². The minimum atomic E-state index is -3.80. The minimum Gasteiger partial charge on any atom is -0.478 e. The molecule has 0 radical (unpaired) electrons. The number of hydrogen-bond acceptors (Lipinski definition) is 7. The molecule has 238 valence electrons. The number of halogens is 3. The minimum absolute atomic E-state index is 0.0119. The highest BCUT2D eigenvalue weighted by molar-refractivity contribution is 7.91. The number of fused-ring (bicyclic) bond motifs is 2. The van der Waals surface area contributed by atoms with E-state index in [9.17, 15) is 40.8 Å². The molecule has 2 amide bonds. The molecule has 2 saturated heterocycles. The van der Waals surface area contributed by atoms with Crippen molar-refractivity contribution in [2.75, 3.05) is 5.75 Å². The Bertz CT molecular complexity index is 1540. The Balaban J connectivity index is 0.000000583. The molecule has 0 spiro atoms. The number of sulfone groups is 1. The van der Waals surface area contributed by atoms with Gasteiger partial charge in [-0.1, -0.05) is 6.07 Å². The fraction of sp³-hybridized carbons (Fsp3) is 0.379. The molecule has 2 heterocycles. The lowest BCUT2D eigenvalue weighted by molar-refractivity contribution is -0.136. The second kappa shape index (κ2) is 14.5. The molecule has 2 aromatic rings. The first kappa shape index (κ1) is 34.3. The molecule has 2 aromatic carbocycles. The average molecular weight is 640 g/mol. The van der Waals surface area contributed by atoms with E-state index in [-0.39, 0.29) is 52.8 Å². The van der Waals surface area contributed by atoms with E-state index in [1.165, 1.54) is 24.3 Å². The van der Waals surface area contributed by atoms with E-state index in [0.29, 0.717) is 31.1 Å². The van der Waals surface area contributed by atoms with Crippen molar-refractivity contribution in [3.63, 3.8) is 0 Å². The van der Waals surface area contributed by atoms with E-state index >= 15 is 0 Å². The summed E-state index contributed by atoms with van der Waals surface area (Å²) in [5.74, 6) is -7.19. The van der Waals surface area contributed by atoms with Gasteiger partial charge in [0, 0.05) is 48.3 Å². The molecule has 44 heavy (non-hydrogen) atoms. The van der Waals surface area contributed by atoms with Crippen molar-refractivity contribution in [1.29, 1.82) is 0 Å². The van der Waals surface area contributed by atoms with Crippen LogP contribution in [0.1, 0.15) is 48.0 Å². The number of aliphatic carboxylic acids is 2. The monoisotopic (exact) mass is 639 g/mol. The summed E-state index contributed by atoms with van der Waals surface area (Å²) in [4.78, 5) is 45.2. The first-order chi connectivity index (χ1) is 20.6. The predicted octanol–water partition coefficient (Wildman–Crippen LogP) is 2.42. The summed E-state index contributed by atoms with van der Waals surface area (Å²) in [6, 6.07) is 6.04. The van der Waals surface area contributed by atoms with Crippen LogP contribution in [0.5, 0.6) is 0 Å². The van der Waals surface area contributed by atoms with Gasteiger partial charge in [0.15, 0.2) is 21.5 Å². The van der Waals surface area contributed by atoms with Crippen LogP contribution in [0.25, 0.3) is 0 Å². The highest BCUT2D eigenvalue weighted by Gasteiger charge is 2.44. The van der Waals surface area contributed by atoms with Crippen LogP contribution in [0.4, 0.5) is 13.2 Å². The summed E-state index contributed by atoms with van der Waals surface area (Å²) in [5.41, 5.74) is 11.6. The number of nitrogens with zero attached hydrogens (tertiary/aromatic N) is 1. The van der Waals surface area contributed by atoms with Gasteiger partial charge in [-0.25, -0.2) is 31.2 Å². The number of carboxylic acid groups (broad SMARTS) is 2. The molecule has 2 bridgehead atoms.